The number of nitrogens with zero attached hydrogens (tertiary/aromatic N) is 2. The van der Waals surface area contributed by atoms with Crippen LogP contribution in [0, 0.1) is 0 Å². The van der Waals surface area contributed by atoms with Crippen LogP contribution in [-0.2, 0) is 14.8 Å². The van der Waals surface area contributed by atoms with Crippen molar-refractivity contribution >= 4 is 21.7 Å². The Hall–Kier alpha value is -1.60. The van der Waals surface area contributed by atoms with Crippen LogP contribution in [0.25, 0.3) is 0 Å². The Bertz CT molecular complexity index is 565. The van der Waals surface area contributed by atoms with Crippen LogP contribution in [-0.4, -0.2) is 50.5 Å². The highest BCUT2D eigenvalue weighted by molar-refractivity contribution is 7.89. The van der Waals surface area contributed by atoms with Crippen LogP contribution in [0.3, 0.4) is 0 Å². The molecule has 0 heterocycles. The van der Waals surface area contributed by atoms with E-state index in [0.717, 1.165) is 9.99 Å². The largest absolute Gasteiger partial charge is 0.480 e. The first kappa shape index (κ1) is 16.5. The molecular formula is C13H20N2O4S. The molecule has 0 fully saturated rings. The van der Waals surface area contributed by atoms with Crippen molar-refractivity contribution in [1.82, 2.24) is 4.31 Å². The van der Waals surface area contributed by atoms with Crippen LogP contribution in [0.1, 0.15) is 13.8 Å². The zero-order chi connectivity index (χ0) is 15.5. The molecule has 0 aliphatic heterocycles. The minimum atomic E-state index is -3.80. The normalized spacial score (nSPS) is 11.9. The molecule has 0 radical (unpaired) electrons. The van der Waals surface area contributed by atoms with Gasteiger partial charge in [0.25, 0.3) is 0 Å². The molecule has 0 saturated carbocycles. The van der Waals surface area contributed by atoms with Gasteiger partial charge >= 0.3 is 5.97 Å². The molecule has 1 N–H and O–H groups in total. The minimum Gasteiger partial charge on any atom is -0.480 e. The van der Waals surface area contributed by atoms with E-state index in [1.54, 1.807) is 26.0 Å². The van der Waals surface area contributed by atoms with Crippen molar-refractivity contribution in [2.45, 2.75) is 24.8 Å². The van der Waals surface area contributed by atoms with E-state index < -0.39 is 28.6 Å². The van der Waals surface area contributed by atoms with Gasteiger partial charge < -0.3 is 10.0 Å². The first-order chi connectivity index (χ1) is 9.16. The van der Waals surface area contributed by atoms with Crippen molar-refractivity contribution in [1.29, 1.82) is 0 Å². The fraction of sp³-hybridized carbons (Fsp3) is 0.462. The van der Waals surface area contributed by atoms with Crippen molar-refractivity contribution in [2.75, 3.05) is 25.5 Å². The van der Waals surface area contributed by atoms with E-state index in [1.807, 2.05) is 19.0 Å². The molecule has 20 heavy (non-hydrogen) atoms. The molecule has 0 spiro atoms. The standard InChI is InChI=1S/C13H20N2O4S/c1-10(2)15(9-13(16)17)20(18,19)12-7-5-11(6-8-12)14(3)4/h5-8,10H,9H2,1-4H3,(H,16,17). The zero-order valence-corrected chi connectivity index (χ0v) is 12.9. The number of anilines is 1. The Labute approximate surface area is 119 Å². The molecule has 0 aromatic heterocycles. The summed E-state index contributed by atoms with van der Waals surface area (Å²) in [6.45, 7) is 2.75. The van der Waals surface area contributed by atoms with Gasteiger partial charge in [-0.05, 0) is 38.1 Å². The number of aliphatic carboxylic acids is 1. The number of sulfonamides is 1. The number of hydrogen-bond acceptors (Lipinski definition) is 4. The summed E-state index contributed by atoms with van der Waals surface area (Å²) in [6.07, 6.45) is 0. The molecular weight excluding hydrogens is 280 g/mol. The topological polar surface area (TPSA) is 77.9 Å². The van der Waals surface area contributed by atoms with E-state index in [-0.39, 0.29) is 4.90 Å². The molecule has 0 saturated heterocycles. The van der Waals surface area contributed by atoms with E-state index in [4.69, 9.17) is 5.11 Å². The van der Waals surface area contributed by atoms with Gasteiger partial charge in [-0.1, -0.05) is 0 Å². The Morgan fingerprint density at radius 3 is 2.05 bits per heavy atom. The van der Waals surface area contributed by atoms with Gasteiger partial charge in [0.2, 0.25) is 10.0 Å². The summed E-state index contributed by atoms with van der Waals surface area (Å²) in [6, 6.07) is 5.92. The zero-order valence-electron chi connectivity index (χ0n) is 12.1. The third kappa shape index (κ3) is 3.71. The third-order valence-corrected chi connectivity index (χ3v) is 4.86. The smallest absolute Gasteiger partial charge is 0.318 e. The SMILES string of the molecule is CC(C)N(CC(=O)O)S(=O)(=O)c1ccc(N(C)C)cc1. The molecule has 0 aliphatic rings. The van der Waals surface area contributed by atoms with Crippen molar-refractivity contribution < 1.29 is 18.3 Å². The van der Waals surface area contributed by atoms with Crippen molar-refractivity contribution in [3.05, 3.63) is 24.3 Å². The Balaban J connectivity index is 3.16. The van der Waals surface area contributed by atoms with E-state index in [1.165, 1.54) is 12.1 Å². The maximum absolute atomic E-state index is 12.4. The number of carbonyl (C=O) groups is 1. The van der Waals surface area contributed by atoms with Crippen LogP contribution in [0.4, 0.5) is 5.69 Å². The summed E-state index contributed by atoms with van der Waals surface area (Å²) >= 11 is 0. The molecule has 1 aromatic carbocycles. The van der Waals surface area contributed by atoms with E-state index in [0.29, 0.717) is 0 Å². The highest BCUT2D eigenvalue weighted by Crippen LogP contribution is 2.21. The Kier molecular flexibility index (Phi) is 5.13. The van der Waals surface area contributed by atoms with Crippen molar-refractivity contribution in [3.63, 3.8) is 0 Å². The van der Waals surface area contributed by atoms with Gasteiger partial charge in [-0.15, -0.1) is 0 Å². The molecule has 0 unspecified atom stereocenters. The first-order valence-corrected chi connectivity index (χ1v) is 7.61. The average Bonchev–Trinajstić information content (AvgIpc) is 2.35. The van der Waals surface area contributed by atoms with Gasteiger partial charge in [-0.25, -0.2) is 8.42 Å². The van der Waals surface area contributed by atoms with E-state index >= 15 is 0 Å². The van der Waals surface area contributed by atoms with E-state index in [9.17, 15) is 13.2 Å². The summed E-state index contributed by atoms with van der Waals surface area (Å²) in [5, 5.41) is 8.85. The van der Waals surface area contributed by atoms with Gasteiger partial charge in [0, 0.05) is 25.8 Å². The van der Waals surface area contributed by atoms with Crippen LogP contribution in [0.2, 0.25) is 0 Å². The predicted molar refractivity (Wildman–Crippen MR) is 77.4 cm³/mol. The van der Waals surface area contributed by atoms with Gasteiger partial charge in [-0.3, -0.25) is 4.79 Å². The molecule has 0 atom stereocenters. The first-order valence-electron chi connectivity index (χ1n) is 6.17. The molecule has 0 amide bonds. The second-order valence-electron chi connectivity index (χ2n) is 4.93. The molecule has 6 nitrogen and oxygen atoms in total. The summed E-state index contributed by atoms with van der Waals surface area (Å²) in [4.78, 5) is 12.8. The van der Waals surface area contributed by atoms with Crippen LogP contribution in [0.15, 0.2) is 29.2 Å². The Morgan fingerprint density at radius 1 is 1.20 bits per heavy atom. The van der Waals surface area contributed by atoms with Crippen LogP contribution < -0.4 is 4.90 Å². The maximum atomic E-state index is 12.4. The predicted octanol–water partition coefficient (Wildman–Crippen LogP) is 1.24. The minimum absolute atomic E-state index is 0.0954. The molecule has 1 aromatic rings. The third-order valence-electron chi connectivity index (χ3n) is 2.83. The number of carboxylic acids is 1. The monoisotopic (exact) mass is 300 g/mol. The summed E-state index contributed by atoms with van der Waals surface area (Å²) in [7, 11) is -0.0928. The molecule has 1 rings (SSSR count). The quantitative estimate of drug-likeness (QED) is 0.855. The molecule has 7 heteroatoms. The second-order valence-corrected chi connectivity index (χ2v) is 6.82. The number of carboxylic acid groups (broad SMARTS) is 1. The highest BCUT2D eigenvalue weighted by atomic mass is 32.2. The lowest BCUT2D eigenvalue weighted by Gasteiger charge is -2.24. The molecule has 112 valence electrons. The second kappa shape index (κ2) is 6.23. The summed E-state index contributed by atoms with van der Waals surface area (Å²) < 4.78 is 25.9. The van der Waals surface area contributed by atoms with Gasteiger partial charge in [0.1, 0.15) is 6.54 Å². The fourth-order valence-corrected chi connectivity index (χ4v) is 3.32. The average molecular weight is 300 g/mol. The maximum Gasteiger partial charge on any atom is 0.318 e. The number of benzene rings is 1. The van der Waals surface area contributed by atoms with Crippen molar-refractivity contribution in [3.8, 4) is 0 Å². The summed E-state index contributed by atoms with van der Waals surface area (Å²) in [5.74, 6) is -1.17. The number of hydrogen-bond donors (Lipinski definition) is 1. The Morgan fingerprint density at radius 2 is 1.70 bits per heavy atom. The summed E-state index contributed by atoms with van der Waals surface area (Å²) in [5.41, 5.74) is 0.873. The molecule has 0 bridgehead atoms. The molecule has 0 aliphatic carbocycles. The van der Waals surface area contributed by atoms with Gasteiger partial charge in [0.05, 0.1) is 4.90 Å². The lowest BCUT2D eigenvalue weighted by Crippen LogP contribution is -2.40. The lowest BCUT2D eigenvalue weighted by molar-refractivity contribution is -0.137. The highest BCUT2D eigenvalue weighted by Gasteiger charge is 2.28. The van der Waals surface area contributed by atoms with Crippen LogP contribution in [0.5, 0.6) is 0 Å². The van der Waals surface area contributed by atoms with Gasteiger partial charge in [-0.2, -0.15) is 4.31 Å². The fourth-order valence-electron chi connectivity index (χ4n) is 1.73. The number of rotatable bonds is 6. The lowest BCUT2D eigenvalue weighted by atomic mass is 10.3. The van der Waals surface area contributed by atoms with Gasteiger partial charge in [0.15, 0.2) is 0 Å². The van der Waals surface area contributed by atoms with Crippen LogP contribution >= 0.6 is 0 Å². The van der Waals surface area contributed by atoms with Crippen molar-refractivity contribution in [2.24, 2.45) is 0 Å². The van der Waals surface area contributed by atoms with E-state index in [2.05, 4.69) is 0 Å².